The van der Waals surface area contributed by atoms with Crippen LogP contribution in [0, 0.1) is 0 Å². The number of ether oxygens (including phenoxy) is 1. The first-order valence-electron chi connectivity index (χ1n) is 8.43. The minimum atomic E-state index is -4.78. The summed E-state index contributed by atoms with van der Waals surface area (Å²) in [5, 5.41) is 11.7. The van der Waals surface area contributed by atoms with Gasteiger partial charge in [-0.1, -0.05) is 42.5 Å². The van der Waals surface area contributed by atoms with Crippen molar-refractivity contribution in [1.29, 1.82) is 0 Å². The first-order valence-corrected chi connectivity index (χ1v) is 8.43. The fourth-order valence-corrected chi connectivity index (χ4v) is 2.91. The van der Waals surface area contributed by atoms with Crippen LogP contribution in [0.2, 0.25) is 0 Å². The Hall–Kier alpha value is -1.85. The Balaban J connectivity index is 2.49. The van der Waals surface area contributed by atoms with E-state index >= 15 is 0 Å². The van der Waals surface area contributed by atoms with Crippen molar-refractivity contribution in [3.8, 4) is 0 Å². The first-order chi connectivity index (χ1) is 11.8. The lowest BCUT2D eigenvalue weighted by Gasteiger charge is -2.38. The van der Waals surface area contributed by atoms with Crippen molar-refractivity contribution in [2.24, 2.45) is 0 Å². The molecule has 0 aliphatic heterocycles. The molecule has 0 saturated carbocycles. The third-order valence-corrected chi connectivity index (χ3v) is 4.86. The molecule has 5 heteroatoms. The zero-order chi connectivity index (χ0) is 19.9. The topological polar surface area (TPSA) is 29.5 Å². The van der Waals surface area contributed by atoms with Crippen molar-refractivity contribution >= 4 is 16.3 Å². The van der Waals surface area contributed by atoms with Gasteiger partial charge in [0, 0.05) is 0 Å². The third-order valence-electron chi connectivity index (χ3n) is 4.86. The summed E-state index contributed by atoms with van der Waals surface area (Å²) in [5.74, 6) is 0. The van der Waals surface area contributed by atoms with Gasteiger partial charge in [-0.2, -0.15) is 13.2 Å². The van der Waals surface area contributed by atoms with Gasteiger partial charge in [0.15, 0.2) is 5.60 Å². The maximum Gasteiger partial charge on any atom is 0.419 e. The summed E-state index contributed by atoms with van der Waals surface area (Å²) < 4.78 is 45.1. The van der Waals surface area contributed by atoms with Crippen molar-refractivity contribution in [2.75, 3.05) is 0 Å². The Kier molecular flexibility index (Phi) is 5.28. The highest BCUT2D eigenvalue weighted by molar-refractivity contribution is 5.89. The Morgan fingerprint density at radius 2 is 1.73 bits per heavy atom. The van der Waals surface area contributed by atoms with Crippen molar-refractivity contribution in [3.05, 3.63) is 54.1 Å². The van der Waals surface area contributed by atoms with E-state index in [2.05, 4.69) is 6.58 Å². The van der Waals surface area contributed by atoms with Crippen LogP contribution >= 0.6 is 0 Å². The highest BCUT2D eigenvalue weighted by atomic mass is 19.4. The number of allylic oxidation sites excluding steroid dienone is 1. The second kappa shape index (κ2) is 6.71. The predicted octanol–water partition coefficient (Wildman–Crippen LogP) is 5.83. The molecule has 0 aromatic heterocycles. The van der Waals surface area contributed by atoms with Crippen LogP contribution < -0.4 is 0 Å². The summed E-state index contributed by atoms with van der Waals surface area (Å²) in [6.07, 6.45) is -6.23. The van der Waals surface area contributed by atoms with Crippen LogP contribution in [0.1, 0.15) is 45.7 Å². The Bertz CT molecular complexity index is 820. The number of hydrogen-bond donors (Lipinski definition) is 1. The molecule has 2 rings (SSSR count). The van der Waals surface area contributed by atoms with Crippen molar-refractivity contribution < 1.29 is 23.0 Å². The minimum Gasteiger partial charge on any atom is -0.379 e. The zero-order valence-corrected chi connectivity index (χ0v) is 15.7. The van der Waals surface area contributed by atoms with Gasteiger partial charge in [-0.3, -0.25) is 0 Å². The van der Waals surface area contributed by atoms with Crippen molar-refractivity contribution in [3.63, 3.8) is 0 Å². The lowest BCUT2D eigenvalue weighted by atomic mass is 9.89. The van der Waals surface area contributed by atoms with Crippen LogP contribution in [-0.4, -0.2) is 23.0 Å². The summed E-state index contributed by atoms with van der Waals surface area (Å²) in [5.41, 5.74) is -1.38. The van der Waals surface area contributed by atoms with Gasteiger partial charge in [0.2, 0.25) is 0 Å². The van der Waals surface area contributed by atoms with Crippen LogP contribution in [0.15, 0.2) is 43.0 Å². The number of aliphatic hydroxyl groups is 1. The smallest absolute Gasteiger partial charge is 0.379 e. The monoisotopic (exact) mass is 366 g/mol. The molecule has 0 aliphatic carbocycles. The van der Waals surface area contributed by atoms with E-state index in [-0.39, 0.29) is 0 Å². The fraction of sp³-hybridized carbons (Fsp3) is 0.429. The zero-order valence-electron chi connectivity index (χ0n) is 15.7. The number of hydrogen-bond acceptors (Lipinski definition) is 2. The fourth-order valence-electron chi connectivity index (χ4n) is 2.91. The van der Waals surface area contributed by atoms with Crippen LogP contribution in [0.25, 0.3) is 16.3 Å². The molecule has 0 amide bonds. The van der Waals surface area contributed by atoms with Gasteiger partial charge in [0.05, 0.1) is 11.7 Å². The van der Waals surface area contributed by atoms with Gasteiger partial charge in [-0.05, 0) is 62.6 Å². The normalized spacial score (nSPS) is 16.3. The molecule has 2 atom stereocenters. The molecule has 2 aromatic carbocycles. The number of benzene rings is 2. The maximum atomic E-state index is 13.1. The van der Waals surface area contributed by atoms with E-state index in [4.69, 9.17) is 4.74 Å². The van der Waals surface area contributed by atoms with E-state index in [1.165, 1.54) is 6.92 Å². The molecule has 2 unspecified atom stereocenters. The molecule has 26 heavy (non-hydrogen) atoms. The SMILES string of the molecule is C=C(C)c1ccc2cccc(C(C)(C)OC(C)C(C)(O)C(F)(F)F)c2c1. The molecular weight excluding hydrogens is 341 g/mol. The molecule has 2 nitrogen and oxygen atoms in total. The van der Waals surface area contributed by atoms with Gasteiger partial charge in [-0.25, -0.2) is 0 Å². The molecule has 0 heterocycles. The Labute approximate surface area is 152 Å². The first kappa shape index (κ1) is 20.5. The number of halogens is 3. The van der Waals surface area contributed by atoms with E-state index in [9.17, 15) is 18.3 Å². The molecule has 0 bridgehead atoms. The summed E-state index contributed by atoms with van der Waals surface area (Å²) >= 11 is 0. The highest BCUT2D eigenvalue weighted by Crippen LogP contribution is 2.39. The van der Waals surface area contributed by atoms with E-state index < -0.39 is 23.5 Å². The van der Waals surface area contributed by atoms with E-state index in [0.29, 0.717) is 0 Å². The number of fused-ring (bicyclic) bond motifs is 1. The molecule has 0 spiro atoms. The van der Waals surface area contributed by atoms with Crippen LogP contribution in [0.5, 0.6) is 0 Å². The van der Waals surface area contributed by atoms with Gasteiger partial charge >= 0.3 is 6.18 Å². The quantitative estimate of drug-likeness (QED) is 0.722. The second-order valence-electron chi connectivity index (χ2n) is 7.44. The highest BCUT2D eigenvalue weighted by Gasteiger charge is 2.55. The minimum absolute atomic E-state index is 0.732. The molecule has 0 saturated heterocycles. The molecular formula is C21H25F3O2. The molecule has 0 radical (unpaired) electrons. The molecule has 0 fully saturated rings. The van der Waals surface area contributed by atoms with Gasteiger partial charge in [-0.15, -0.1) is 0 Å². The second-order valence-corrected chi connectivity index (χ2v) is 7.44. The lowest BCUT2D eigenvalue weighted by molar-refractivity contribution is -0.298. The van der Waals surface area contributed by atoms with Crippen LogP contribution in [-0.2, 0) is 10.3 Å². The lowest BCUT2D eigenvalue weighted by Crippen LogP contribution is -2.53. The van der Waals surface area contributed by atoms with Crippen molar-refractivity contribution in [1.82, 2.24) is 0 Å². The average molecular weight is 366 g/mol. The van der Waals surface area contributed by atoms with Gasteiger partial charge < -0.3 is 9.84 Å². The maximum absolute atomic E-state index is 13.1. The summed E-state index contributed by atoms with van der Waals surface area (Å²) in [7, 11) is 0. The van der Waals surface area contributed by atoms with E-state index in [1.807, 2.05) is 43.3 Å². The number of alkyl halides is 3. The predicted molar refractivity (Wildman–Crippen MR) is 98.9 cm³/mol. The molecule has 0 aliphatic rings. The van der Waals surface area contributed by atoms with Gasteiger partial charge in [0.25, 0.3) is 0 Å². The Morgan fingerprint density at radius 1 is 1.12 bits per heavy atom. The van der Waals surface area contributed by atoms with Crippen molar-refractivity contribution in [2.45, 2.75) is 58.1 Å². The van der Waals surface area contributed by atoms with E-state index in [1.54, 1.807) is 13.8 Å². The summed E-state index contributed by atoms with van der Waals surface area (Å²) in [6, 6.07) is 11.5. The Morgan fingerprint density at radius 3 is 2.27 bits per heavy atom. The summed E-state index contributed by atoms with van der Waals surface area (Å²) in [6.45, 7) is 11.2. The third kappa shape index (κ3) is 3.79. The molecule has 2 aromatic rings. The average Bonchev–Trinajstić information content (AvgIpc) is 2.52. The molecule has 142 valence electrons. The molecule has 1 N–H and O–H groups in total. The standard InChI is InChI=1S/C21H25F3O2/c1-13(2)16-11-10-15-8-7-9-18(17(15)12-16)19(4,5)26-14(3)20(6,25)21(22,23)24/h7-12,14,25H,1H2,2-6H3. The van der Waals surface area contributed by atoms with E-state index in [0.717, 1.165) is 34.4 Å². The largest absolute Gasteiger partial charge is 0.419 e. The summed E-state index contributed by atoms with van der Waals surface area (Å²) in [4.78, 5) is 0. The van der Waals surface area contributed by atoms with Crippen LogP contribution in [0.4, 0.5) is 13.2 Å². The van der Waals surface area contributed by atoms with Crippen LogP contribution in [0.3, 0.4) is 0 Å². The number of rotatable bonds is 5. The van der Waals surface area contributed by atoms with Gasteiger partial charge in [0.1, 0.15) is 0 Å².